The first kappa shape index (κ1) is 14.2. The summed E-state index contributed by atoms with van der Waals surface area (Å²) in [4.78, 5) is 21.8. The minimum absolute atomic E-state index is 0.0756. The van der Waals surface area contributed by atoms with Gasteiger partial charge in [0.1, 0.15) is 0 Å². The zero-order chi connectivity index (χ0) is 14.7. The van der Waals surface area contributed by atoms with Gasteiger partial charge in [0.15, 0.2) is 5.09 Å². The molecule has 1 amide bonds. The molecule has 0 aliphatic rings. The van der Waals surface area contributed by atoms with Crippen LogP contribution in [-0.2, 0) is 5.75 Å². The highest BCUT2D eigenvalue weighted by Crippen LogP contribution is 2.26. The Morgan fingerprint density at radius 2 is 2.05 bits per heavy atom. The average molecular weight is 291 g/mol. The molecule has 2 rings (SSSR count). The van der Waals surface area contributed by atoms with E-state index < -0.39 is 11.9 Å². The first-order chi connectivity index (χ1) is 9.47. The zero-order valence-corrected chi connectivity index (χ0v) is 11.6. The van der Waals surface area contributed by atoms with E-state index in [1.807, 2.05) is 13.0 Å². The number of aromatic carboxylic acids is 1. The number of hydrogen-bond acceptors (Lipinski definition) is 4. The molecular weight excluding hydrogens is 278 g/mol. The summed E-state index contributed by atoms with van der Waals surface area (Å²) in [5.74, 6) is -0.992. The van der Waals surface area contributed by atoms with Crippen molar-refractivity contribution < 1.29 is 19.1 Å². The second kappa shape index (κ2) is 5.83. The molecule has 0 atom stereocenters. The molecule has 0 saturated heterocycles. The maximum Gasteiger partial charge on any atom is 0.371 e. The van der Waals surface area contributed by atoms with Crippen molar-refractivity contribution >= 4 is 23.6 Å². The lowest BCUT2D eigenvalue weighted by molar-refractivity contribution is 0.0656. The number of rotatable bonds is 5. The van der Waals surface area contributed by atoms with Crippen LogP contribution in [0.1, 0.15) is 32.0 Å². The summed E-state index contributed by atoms with van der Waals surface area (Å²) >= 11 is 1.39. The number of primary amides is 1. The molecule has 5 nitrogen and oxygen atoms in total. The van der Waals surface area contributed by atoms with E-state index in [9.17, 15) is 9.59 Å². The van der Waals surface area contributed by atoms with E-state index >= 15 is 0 Å². The molecule has 1 heterocycles. The number of benzene rings is 1. The van der Waals surface area contributed by atoms with Crippen LogP contribution in [0.4, 0.5) is 0 Å². The maximum absolute atomic E-state index is 11.1. The van der Waals surface area contributed by atoms with Crippen LogP contribution in [0.5, 0.6) is 0 Å². The van der Waals surface area contributed by atoms with Crippen LogP contribution in [0.15, 0.2) is 39.8 Å². The van der Waals surface area contributed by atoms with E-state index in [0.717, 1.165) is 11.1 Å². The molecule has 0 aliphatic heterocycles. The Morgan fingerprint density at radius 1 is 1.30 bits per heavy atom. The molecule has 20 heavy (non-hydrogen) atoms. The predicted molar refractivity (Wildman–Crippen MR) is 74.9 cm³/mol. The highest BCUT2D eigenvalue weighted by Gasteiger charge is 2.10. The van der Waals surface area contributed by atoms with Gasteiger partial charge < -0.3 is 15.3 Å². The van der Waals surface area contributed by atoms with Crippen molar-refractivity contribution in [1.82, 2.24) is 0 Å². The molecule has 0 aliphatic carbocycles. The number of carbonyl (C=O) groups excluding carboxylic acids is 1. The summed E-state index contributed by atoms with van der Waals surface area (Å²) in [7, 11) is 0. The number of furan rings is 1. The molecule has 0 spiro atoms. The van der Waals surface area contributed by atoms with Crippen molar-refractivity contribution in [2.24, 2.45) is 5.73 Å². The lowest BCUT2D eigenvalue weighted by Gasteiger charge is -2.05. The SMILES string of the molecule is Cc1cc(C(N)=O)ccc1CSc1ccc(C(=O)O)o1. The number of hydrogen-bond donors (Lipinski definition) is 2. The van der Waals surface area contributed by atoms with E-state index in [-0.39, 0.29) is 5.76 Å². The molecule has 0 radical (unpaired) electrons. The van der Waals surface area contributed by atoms with Crippen LogP contribution >= 0.6 is 11.8 Å². The fraction of sp³-hybridized carbons (Fsp3) is 0.143. The number of amides is 1. The van der Waals surface area contributed by atoms with E-state index in [4.69, 9.17) is 15.3 Å². The Morgan fingerprint density at radius 3 is 2.60 bits per heavy atom. The fourth-order valence-electron chi connectivity index (χ4n) is 1.67. The summed E-state index contributed by atoms with van der Waals surface area (Å²) in [5, 5.41) is 9.31. The second-order valence-corrected chi connectivity index (χ2v) is 5.20. The van der Waals surface area contributed by atoms with Crippen molar-refractivity contribution in [2.75, 3.05) is 0 Å². The molecule has 0 saturated carbocycles. The lowest BCUT2D eigenvalue weighted by atomic mass is 10.1. The summed E-state index contributed by atoms with van der Waals surface area (Å²) in [5.41, 5.74) is 7.68. The van der Waals surface area contributed by atoms with Gasteiger partial charge in [-0.25, -0.2) is 4.79 Å². The van der Waals surface area contributed by atoms with E-state index in [2.05, 4.69) is 0 Å². The third-order valence-corrected chi connectivity index (χ3v) is 3.75. The van der Waals surface area contributed by atoms with Gasteiger partial charge in [0, 0.05) is 11.3 Å². The topological polar surface area (TPSA) is 93.5 Å². The van der Waals surface area contributed by atoms with Crippen LogP contribution in [0.3, 0.4) is 0 Å². The number of nitrogens with two attached hydrogens (primary N) is 1. The number of carbonyl (C=O) groups is 2. The molecular formula is C14H13NO4S. The van der Waals surface area contributed by atoms with Crippen LogP contribution < -0.4 is 5.73 Å². The van der Waals surface area contributed by atoms with Crippen molar-refractivity contribution in [3.8, 4) is 0 Å². The molecule has 1 aromatic carbocycles. The lowest BCUT2D eigenvalue weighted by Crippen LogP contribution is -2.11. The van der Waals surface area contributed by atoms with Gasteiger partial charge in [-0.15, -0.1) is 0 Å². The molecule has 0 unspecified atom stereocenters. The Balaban J connectivity index is 2.06. The largest absolute Gasteiger partial charge is 0.475 e. The smallest absolute Gasteiger partial charge is 0.371 e. The first-order valence-electron chi connectivity index (χ1n) is 5.82. The Labute approximate surface area is 119 Å². The van der Waals surface area contributed by atoms with Gasteiger partial charge in [-0.3, -0.25) is 4.79 Å². The zero-order valence-electron chi connectivity index (χ0n) is 10.8. The Bertz CT molecular complexity index is 663. The third kappa shape index (κ3) is 3.21. The van der Waals surface area contributed by atoms with Crippen LogP contribution in [-0.4, -0.2) is 17.0 Å². The van der Waals surface area contributed by atoms with Gasteiger partial charge >= 0.3 is 5.97 Å². The normalized spacial score (nSPS) is 10.4. The third-order valence-electron chi connectivity index (χ3n) is 2.79. The molecule has 104 valence electrons. The quantitative estimate of drug-likeness (QED) is 0.826. The number of aryl methyl sites for hydroxylation is 1. The van der Waals surface area contributed by atoms with Crippen LogP contribution in [0.25, 0.3) is 0 Å². The van der Waals surface area contributed by atoms with Crippen molar-refractivity contribution in [1.29, 1.82) is 0 Å². The second-order valence-electron chi connectivity index (χ2n) is 4.22. The molecule has 2 aromatic rings. The molecule has 3 N–H and O–H groups in total. The summed E-state index contributed by atoms with van der Waals surface area (Å²) in [6.45, 7) is 1.90. The standard InChI is InChI=1S/C14H13NO4S/c1-8-6-9(13(15)16)2-3-10(8)7-20-12-5-4-11(19-12)14(17)18/h2-6H,7H2,1H3,(H2,15,16)(H,17,18). The van der Waals surface area contributed by atoms with Crippen molar-refractivity contribution in [3.63, 3.8) is 0 Å². The molecule has 0 bridgehead atoms. The monoisotopic (exact) mass is 291 g/mol. The average Bonchev–Trinajstić information content (AvgIpc) is 2.86. The van der Waals surface area contributed by atoms with Crippen LogP contribution in [0.2, 0.25) is 0 Å². The Hall–Kier alpha value is -2.21. The minimum Gasteiger partial charge on any atom is -0.475 e. The number of carboxylic acids is 1. The minimum atomic E-state index is -1.08. The van der Waals surface area contributed by atoms with Gasteiger partial charge in [0.25, 0.3) is 0 Å². The van der Waals surface area contributed by atoms with Gasteiger partial charge in [-0.05, 0) is 42.3 Å². The highest BCUT2D eigenvalue weighted by atomic mass is 32.2. The van der Waals surface area contributed by atoms with Crippen LogP contribution in [0, 0.1) is 6.92 Å². The molecule has 6 heteroatoms. The van der Waals surface area contributed by atoms with E-state index in [1.54, 1.807) is 18.2 Å². The van der Waals surface area contributed by atoms with Gasteiger partial charge in [-0.2, -0.15) is 0 Å². The van der Waals surface area contributed by atoms with Gasteiger partial charge in [0.2, 0.25) is 11.7 Å². The summed E-state index contributed by atoms with van der Waals surface area (Å²) < 4.78 is 5.16. The van der Waals surface area contributed by atoms with Crippen molar-refractivity contribution in [2.45, 2.75) is 17.8 Å². The predicted octanol–water partition coefficient (Wildman–Crippen LogP) is 2.68. The Kier molecular flexibility index (Phi) is 4.14. The van der Waals surface area contributed by atoms with Gasteiger partial charge in [0.05, 0.1) is 0 Å². The fourth-order valence-corrected chi connectivity index (χ4v) is 2.61. The maximum atomic E-state index is 11.1. The van der Waals surface area contributed by atoms with Crippen molar-refractivity contribution in [3.05, 3.63) is 52.8 Å². The molecule has 0 fully saturated rings. The summed E-state index contributed by atoms with van der Waals surface area (Å²) in [6, 6.07) is 8.30. The van der Waals surface area contributed by atoms with Gasteiger partial charge in [-0.1, -0.05) is 17.8 Å². The first-order valence-corrected chi connectivity index (χ1v) is 6.81. The number of carboxylic acid groups (broad SMARTS) is 1. The van der Waals surface area contributed by atoms with E-state index in [0.29, 0.717) is 16.4 Å². The molecule has 1 aromatic heterocycles. The summed E-state index contributed by atoms with van der Waals surface area (Å²) in [6.07, 6.45) is 0. The number of thioether (sulfide) groups is 1. The highest BCUT2D eigenvalue weighted by molar-refractivity contribution is 7.98. The van der Waals surface area contributed by atoms with E-state index in [1.165, 1.54) is 17.8 Å².